The number of halogens is 2. The molecule has 1 amide bonds. The van der Waals surface area contributed by atoms with Gasteiger partial charge in [-0.15, -0.1) is 12.4 Å². The van der Waals surface area contributed by atoms with Crippen LogP contribution in [0.1, 0.15) is 12.0 Å². The van der Waals surface area contributed by atoms with Crippen LogP contribution in [0.3, 0.4) is 0 Å². The smallest absolute Gasteiger partial charge is 0.221 e. The fourth-order valence-electron chi connectivity index (χ4n) is 2.75. The lowest BCUT2D eigenvalue weighted by Gasteiger charge is -2.23. The number of carbonyl (C=O) groups excluding carboxylic acids is 1. The minimum atomic E-state index is -0.253. The summed E-state index contributed by atoms with van der Waals surface area (Å²) in [5.41, 5.74) is 1.86. The van der Waals surface area contributed by atoms with Gasteiger partial charge < -0.3 is 20.4 Å². The molecule has 1 unspecified atom stereocenters. The number of amides is 1. The first-order valence-corrected chi connectivity index (χ1v) is 7.56. The van der Waals surface area contributed by atoms with Crippen LogP contribution in [-0.2, 0) is 16.0 Å². The van der Waals surface area contributed by atoms with Crippen LogP contribution in [0.25, 0.3) is 10.9 Å². The summed E-state index contributed by atoms with van der Waals surface area (Å²) >= 11 is 0. The number of fused-ring (bicyclic) bond motifs is 1. The summed E-state index contributed by atoms with van der Waals surface area (Å²) in [6.07, 6.45) is 3.01. The highest BCUT2D eigenvalue weighted by Crippen LogP contribution is 2.19. The summed E-state index contributed by atoms with van der Waals surface area (Å²) in [5, 5.41) is 7.18. The van der Waals surface area contributed by atoms with Gasteiger partial charge in [-0.3, -0.25) is 4.79 Å². The highest BCUT2D eigenvalue weighted by Gasteiger charge is 2.16. The first-order chi connectivity index (χ1) is 10.7. The van der Waals surface area contributed by atoms with E-state index in [9.17, 15) is 9.18 Å². The van der Waals surface area contributed by atoms with Crippen molar-refractivity contribution in [1.29, 1.82) is 0 Å². The molecule has 0 radical (unpaired) electrons. The van der Waals surface area contributed by atoms with E-state index in [1.165, 1.54) is 12.1 Å². The van der Waals surface area contributed by atoms with E-state index < -0.39 is 0 Å². The van der Waals surface area contributed by atoms with Gasteiger partial charge in [0.05, 0.1) is 13.2 Å². The Balaban J connectivity index is 0.00000192. The first kappa shape index (κ1) is 17.7. The maximum atomic E-state index is 13.1. The Labute approximate surface area is 140 Å². The Morgan fingerprint density at radius 2 is 2.30 bits per heavy atom. The van der Waals surface area contributed by atoms with Gasteiger partial charge in [0.1, 0.15) is 5.82 Å². The highest BCUT2D eigenvalue weighted by molar-refractivity contribution is 5.85. The number of ether oxygens (including phenoxy) is 1. The van der Waals surface area contributed by atoms with E-state index in [0.717, 1.165) is 23.0 Å². The quantitative estimate of drug-likeness (QED) is 0.776. The molecule has 5 nitrogen and oxygen atoms in total. The molecular weight excluding hydrogens is 321 g/mol. The van der Waals surface area contributed by atoms with Crippen molar-refractivity contribution in [1.82, 2.24) is 15.6 Å². The third-order valence-corrected chi connectivity index (χ3v) is 3.88. The Morgan fingerprint density at radius 1 is 1.43 bits per heavy atom. The SMILES string of the molecule is Cl.O=C(CC1COCCN1)NCCc1c[nH]c2cc(F)ccc12. The second kappa shape index (κ2) is 8.29. The Bertz CT molecular complexity index is 656. The van der Waals surface area contributed by atoms with Crippen molar-refractivity contribution in [3.63, 3.8) is 0 Å². The van der Waals surface area contributed by atoms with Gasteiger partial charge in [-0.25, -0.2) is 4.39 Å². The molecule has 1 saturated heterocycles. The van der Waals surface area contributed by atoms with Gasteiger partial charge >= 0.3 is 0 Å². The van der Waals surface area contributed by atoms with Crippen LogP contribution in [-0.4, -0.2) is 43.2 Å². The predicted molar refractivity (Wildman–Crippen MR) is 89.4 cm³/mol. The molecule has 0 spiro atoms. The van der Waals surface area contributed by atoms with Gasteiger partial charge in [-0.2, -0.15) is 0 Å². The van der Waals surface area contributed by atoms with Crippen LogP contribution < -0.4 is 10.6 Å². The van der Waals surface area contributed by atoms with Crippen LogP contribution in [0.5, 0.6) is 0 Å². The molecule has 0 bridgehead atoms. The monoisotopic (exact) mass is 341 g/mol. The number of hydrogen-bond donors (Lipinski definition) is 3. The van der Waals surface area contributed by atoms with Gasteiger partial charge in [0.15, 0.2) is 0 Å². The second-order valence-corrected chi connectivity index (χ2v) is 5.53. The number of benzene rings is 1. The lowest BCUT2D eigenvalue weighted by Crippen LogP contribution is -2.44. The van der Waals surface area contributed by atoms with Crippen molar-refractivity contribution in [3.05, 3.63) is 35.8 Å². The molecule has 1 fully saturated rings. The molecule has 1 atom stereocenters. The molecule has 2 aromatic rings. The number of hydrogen-bond acceptors (Lipinski definition) is 3. The standard InChI is InChI=1S/C16H20FN3O2.ClH/c17-12-1-2-14-11(9-20-15(14)7-12)3-4-19-16(21)8-13-10-22-6-5-18-13;/h1-2,7,9,13,18,20H,3-6,8,10H2,(H,19,21);1H. The summed E-state index contributed by atoms with van der Waals surface area (Å²) in [7, 11) is 0. The first-order valence-electron chi connectivity index (χ1n) is 7.56. The van der Waals surface area contributed by atoms with Crippen molar-refractivity contribution >= 4 is 29.2 Å². The maximum Gasteiger partial charge on any atom is 0.221 e. The Kier molecular flexibility index (Phi) is 6.38. The minimum absolute atomic E-state index is 0. The lowest BCUT2D eigenvalue weighted by atomic mass is 10.1. The zero-order valence-electron chi connectivity index (χ0n) is 12.7. The molecule has 2 heterocycles. The summed E-state index contributed by atoms with van der Waals surface area (Å²) in [5.74, 6) is -0.231. The summed E-state index contributed by atoms with van der Waals surface area (Å²) in [4.78, 5) is 14.9. The van der Waals surface area contributed by atoms with E-state index in [-0.39, 0.29) is 30.2 Å². The number of H-pyrrole nitrogens is 1. The fourth-order valence-corrected chi connectivity index (χ4v) is 2.75. The molecule has 3 rings (SSSR count). The Morgan fingerprint density at radius 3 is 3.09 bits per heavy atom. The number of morpholine rings is 1. The second-order valence-electron chi connectivity index (χ2n) is 5.53. The number of aromatic nitrogens is 1. The van der Waals surface area contributed by atoms with Crippen molar-refractivity contribution in [2.75, 3.05) is 26.3 Å². The lowest BCUT2D eigenvalue weighted by molar-refractivity contribution is -0.122. The van der Waals surface area contributed by atoms with E-state index in [2.05, 4.69) is 15.6 Å². The third-order valence-electron chi connectivity index (χ3n) is 3.88. The zero-order chi connectivity index (χ0) is 15.4. The van der Waals surface area contributed by atoms with Crippen molar-refractivity contribution in [2.24, 2.45) is 0 Å². The molecule has 1 aliphatic rings. The molecule has 3 N–H and O–H groups in total. The third kappa shape index (κ3) is 4.67. The number of nitrogens with one attached hydrogen (secondary N) is 3. The maximum absolute atomic E-state index is 13.1. The van der Waals surface area contributed by atoms with Gasteiger partial charge in [0, 0.05) is 42.7 Å². The molecule has 7 heteroatoms. The van der Waals surface area contributed by atoms with E-state index in [1.54, 1.807) is 6.07 Å². The van der Waals surface area contributed by atoms with Gasteiger partial charge in [0.2, 0.25) is 5.91 Å². The molecular formula is C16H21ClFN3O2. The van der Waals surface area contributed by atoms with E-state index in [4.69, 9.17) is 4.74 Å². The molecule has 0 saturated carbocycles. The van der Waals surface area contributed by atoms with Crippen LogP contribution in [0.2, 0.25) is 0 Å². The Hall–Kier alpha value is -1.63. The topological polar surface area (TPSA) is 66.2 Å². The molecule has 126 valence electrons. The molecule has 1 aromatic heterocycles. The van der Waals surface area contributed by atoms with Gasteiger partial charge in [-0.05, 0) is 30.2 Å². The molecule has 23 heavy (non-hydrogen) atoms. The predicted octanol–water partition coefficient (Wildman–Crippen LogP) is 1.77. The van der Waals surface area contributed by atoms with Gasteiger partial charge in [0.25, 0.3) is 0 Å². The largest absolute Gasteiger partial charge is 0.378 e. The average molecular weight is 342 g/mol. The molecule has 1 aromatic carbocycles. The van der Waals surface area contributed by atoms with E-state index in [0.29, 0.717) is 32.6 Å². The molecule has 0 aliphatic carbocycles. The highest BCUT2D eigenvalue weighted by atomic mass is 35.5. The minimum Gasteiger partial charge on any atom is -0.378 e. The summed E-state index contributed by atoms with van der Waals surface area (Å²) in [6.45, 7) is 2.65. The van der Waals surface area contributed by atoms with Crippen LogP contribution >= 0.6 is 12.4 Å². The number of rotatable bonds is 5. The van der Waals surface area contributed by atoms with Crippen LogP contribution in [0.4, 0.5) is 4.39 Å². The summed E-state index contributed by atoms with van der Waals surface area (Å²) in [6, 6.07) is 4.80. The summed E-state index contributed by atoms with van der Waals surface area (Å²) < 4.78 is 18.5. The average Bonchev–Trinajstić information content (AvgIpc) is 2.90. The zero-order valence-corrected chi connectivity index (χ0v) is 13.5. The number of aromatic amines is 1. The van der Waals surface area contributed by atoms with Crippen molar-refractivity contribution in [3.8, 4) is 0 Å². The fraction of sp³-hybridized carbons (Fsp3) is 0.438. The van der Waals surface area contributed by atoms with E-state index >= 15 is 0 Å². The molecule has 1 aliphatic heterocycles. The van der Waals surface area contributed by atoms with E-state index in [1.807, 2.05) is 6.20 Å². The van der Waals surface area contributed by atoms with Crippen molar-refractivity contribution in [2.45, 2.75) is 18.9 Å². The number of carbonyl (C=O) groups is 1. The van der Waals surface area contributed by atoms with Crippen LogP contribution in [0, 0.1) is 5.82 Å². The van der Waals surface area contributed by atoms with Crippen molar-refractivity contribution < 1.29 is 13.9 Å². The normalized spacial score (nSPS) is 17.7. The van der Waals surface area contributed by atoms with Gasteiger partial charge in [-0.1, -0.05) is 0 Å². The van der Waals surface area contributed by atoms with Crippen LogP contribution in [0.15, 0.2) is 24.4 Å².